The molecule has 3 N–H and O–H groups in total. The normalized spacial score (nSPS) is 11.5. The lowest BCUT2D eigenvalue weighted by molar-refractivity contribution is 0.600. The lowest BCUT2D eigenvalue weighted by Crippen LogP contribution is -2.15. The maximum absolute atomic E-state index is 12.3. The van der Waals surface area contributed by atoms with Crippen LogP contribution in [0.5, 0.6) is 0 Å². The van der Waals surface area contributed by atoms with E-state index in [4.69, 9.17) is 0 Å². The number of aromatic amines is 1. The summed E-state index contributed by atoms with van der Waals surface area (Å²) in [5.41, 5.74) is 2.10. The second-order valence-electron chi connectivity index (χ2n) is 4.84. The minimum Gasteiger partial charge on any atom is -0.313 e. The summed E-state index contributed by atoms with van der Waals surface area (Å²) in [5.74, 6) is 0. The lowest BCUT2D eigenvalue weighted by Gasteiger charge is -2.09. The van der Waals surface area contributed by atoms with E-state index >= 15 is 0 Å². The van der Waals surface area contributed by atoms with E-state index in [9.17, 15) is 8.42 Å². The van der Waals surface area contributed by atoms with E-state index in [1.165, 1.54) is 6.20 Å². The van der Waals surface area contributed by atoms with E-state index in [1.54, 1.807) is 13.0 Å². The molecular formula is C14H20N4O2S. The molecule has 0 aliphatic carbocycles. The second-order valence-corrected chi connectivity index (χ2v) is 6.49. The highest BCUT2D eigenvalue weighted by atomic mass is 32.2. The highest BCUT2D eigenvalue weighted by molar-refractivity contribution is 7.92. The van der Waals surface area contributed by atoms with Crippen molar-refractivity contribution < 1.29 is 8.42 Å². The fourth-order valence-electron chi connectivity index (χ4n) is 1.97. The summed E-state index contributed by atoms with van der Waals surface area (Å²) in [6, 6.07) is 7.36. The third-order valence-electron chi connectivity index (χ3n) is 3.01. The average molecular weight is 308 g/mol. The van der Waals surface area contributed by atoms with Crippen molar-refractivity contribution in [3.63, 3.8) is 0 Å². The molecule has 0 spiro atoms. The molecule has 21 heavy (non-hydrogen) atoms. The maximum Gasteiger partial charge on any atom is 0.265 e. The molecule has 0 atom stereocenters. The van der Waals surface area contributed by atoms with Gasteiger partial charge in [-0.1, -0.05) is 19.1 Å². The number of aryl methyl sites for hydroxylation is 1. The first-order valence-corrected chi connectivity index (χ1v) is 8.33. The Morgan fingerprint density at radius 2 is 2.14 bits per heavy atom. The minimum atomic E-state index is -3.61. The number of hydrogen-bond donors (Lipinski definition) is 3. The Balaban J connectivity index is 2.12. The van der Waals surface area contributed by atoms with E-state index in [0.717, 1.165) is 18.5 Å². The highest BCUT2D eigenvalue weighted by Crippen LogP contribution is 2.18. The summed E-state index contributed by atoms with van der Waals surface area (Å²) in [6.45, 7) is 5.43. The van der Waals surface area contributed by atoms with Gasteiger partial charge in [0, 0.05) is 12.2 Å². The Morgan fingerprint density at radius 1 is 1.33 bits per heavy atom. The van der Waals surface area contributed by atoms with Crippen LogP contribution in [-0.2, 0) is 16.6 Å². The second kappa shape index (κ2) is 6.73. The molecule has 1 heterocycles. The Bertz CT molecular complexity index is 695. The predicted molar refractivity (Wildman–Crippen MR) is 82.6 cm³/mol. The summed E-state index contributed by atoms with van der Waals surface area (Å²) in [4.78, 5) is 0.164. The van der Waals surface area contributed by atoms with Crippen molar-refractivity contribution in [1.29, 1.82) is 0 Å². The van der Waals surface area contributed by atoms with Gasteiger partial charge in [0.1, 0.15) is 4.90 Å². The zero-order valence-electron chi connectivity index (χ0n) is 12.2. The third kappa shape index (κ3) is 4.05. The van der Waals surface area contributed by atoms with Crippen LogP contribution in [0.25, 0.3) is 0 Å². The van der Waals surface area contributed by atoms with Crippen molar-refractivity contribution in [2.75, 3.05) is 11.3 Å². The van der Waals surface area contributed by atoms with Crippen LogP contribution in [0.1, 0.15) is 24.6 Å². The number of H-pyrrole nitrogens is 1. The van der Waals surface area contributed by atoms with Crippen LogP contribution < -0.4 is 10.0 Å². The molecule has 0 bridgehead atoms. The standard InChI is InChI=1S/C14H20N4O2S/c1-3-7-15-9-12-5-4-6-13(8-12)18-21(19,20)14-10-16-17-11(14)2/h4-6,8,10,15,18H,3,7,9H2,1-2H3,(H,16,17). The molecule has 0 amide bonds. The monoisotopic (exact) mass is 308 g/mol. The van der Waals surface area contributed by atoms with Crippen LogP contribution in [-0.4, -0.2) is 25.2 Å². The first kappa shape index (κ1) is 15.5. The zero-order valence-corrected chi connectivity index (χ0v) is 13.0. The molecular weight excluding hydrogens is 288 g/mol. The molecule has 2 aromatic rings. The number of nitrogens with one attached hydrogen (secondary N) is 3. The molecule has 1 aromatic carbocycles. The smallest absolute Gasteiger partial charge is 0.265 e. The van der Waals surface area contributed by atoms with Gasteiger partial charge >= 0.3 is 0 Å². The van der Waals surface area contributed by atoms with Crippen LogP contribution >= 0.6 is 0 Å². The summed E-state index contributed by atoms with van der Waals surface area (Å²) in [5, 5.41) is 9.66. The Kier molecular flexibility index (Phi) is 4.98. The first-order chi connectivity index (χ1) is 10.0. The lowest BCUT2D eigenvalue weighted by atomic mass is 10.2. The van der Waals surface area contributed by atoms with Gasteiger partial charge in [0.2, 0.25) is 0 Å². The van der Waals surface area contributed by atoms with Crippen molar-refractivity contribution in [1.82, 2.24) is 15.5 Å². The fourth-order valence-corrected chi connectivity index (χ4v) is 3.16. The first-order valence-electron chi connectivity index (χ1n) is 6.85. The topological polar surface area (TPSA) is 86.9 Å². The van der Waals surface area contributed by atoms with Crippen molar-refractivity contribution in [2.45, 2.75) is 31.7 Å². The van der Waals surface area contributed by atoms with Crippen molar-refractivity contribution in [3.8, 4) is 0 Å². The van der Waals surface area contributed by atoms with Gasteiger partial charge in [0.15, 0.2) is 0 Å². The molecule has 0 radical (unpaired) electrons. The number of aromatic nitrogens is 2. The fraction of sp³-hybridized carbons (Fsp3) is 0.357. The van der Waals surface area contributed by atoms with Gasteiger partial charge in [-0.05, 0) is 37.6 Å². The molecule has 0 aliphatic heterocycles. The molecule has 1 aromatic heterocycles. The Morgan fingerprint density at radius 3 is 2.81 bits per heavy atom. The van der Waals surface area contributed by atoms with Crippen LogP contribution in [0, 0.1) is 6.92 Å². The number of anilines is 1. The molecule has 6 nitrogen and oxygen atoms in total. The summed E-state index contributed by atoms with van der Waals surface area (Å²) < 4.78 is 27.1. The van der Waals surface area contributed by atoms with E-state index in [-0.39, 0.29) is 4.90 Å². The molecule has 114 valence electrons. The highest BCUT2D eigenvalue weighted by Gasteiger charge is 2.18. The number of sulfonamides is 1. The van der Waals surface area contributed by atoms with Gasteiger partial charge in [0.05, 0.1) is 11.9 Å². The van der Waals surface area contributed by atoms with Crippen LogP contribution in [0.4, 0.5) is 5.69 Å². The van der Waals surface area contributed by atoms with Gasteiger partial charge in [-0.25, -0.2) is 8.42 Å². The van der Waals surface area contributed by atoms with E-state index < -0.39 is 10.0 Å². The largest absolute Gasteiger partial charge is 0.313 e. The quantitative estimate of drug-likeness (QED) is 0.683. The van der Waals surface area contributed by atoms with Crippen molar-refractivity contribution >= 4 is 15.7 Å². The molecule has 7 heteroatoms. The molecule has 0 aliphatic rings. The van der Waals surface area contributed by atoms with Crippen molar-refractivity contribution in [3.05, 3.63) is 41.7 Å². The van der Waals surface area contributed by atoms with Crippen LogP contribution in [0.2, 0.25) is 0 Å². The van der Waals surface area contributed by atoms with Gasteiger partial charge in [-0.15, -0.1) is 0 Å². The predicted octanol–water partition coefficient (Wildman–Crippen LogP) is 2.02. The maximum atomic E-state index is 12.3. The van der Waals surface area contributed by atoms with Crippen LogP contribution in [0.3, 0.4) is 0 Å². The van der Waals surface area contributed by atoms with E-state index in [0.29, 0.717) is 17.9 Å². The average Bonchev–Trinajstić information content (AvgIpc) is 2.86. The van der Waals surface area contributed by atoms with Gasteiger partial charge in [0.25, 0.3) is 10.0 Å². The van der Waals surface area contributed by atoms with E-state index in [2.05, 4.69) is 27.2 Å². The Hall–Kier alpha value is -1.86. The molecule has 0 unspecified atom stereocenters. The Labute approximate surface area is 125 Å². The van der Waals surface area contributed by atoms with Crippen LogP contribution in [0.15, 0.2) is 35.4 Å². The van der Waals surface area contributed by atoms with Crippen molar-refractivity contribution in [2.24, 2.45) is 0 Å². The number of benzene rings is 1. The zero-order chi connectivity index (χ0) is 15.3. The number of hydrogen-bond acceptors (Lipinski definition) is 4. The minimum absolute atomic E-state index is 0.164. The molecule has 0 saturated heterocycles. The van der Waals surface area contributed by atoms with Gasteiger partial charge in [-0.3, -0.25) is 9.82 Å². The number of rotatable bonds is 7. The summed E-state index contributed by atoms with van der Waals surface area (Å²) in [7, 11) is -3.61. The van der Waals surface area contributed by atoms with Gasteiger partial charge < -0.3 is 5.32 Å². The molecule has 0 saturated carbocycles. The molecule has 2 rings (SSSR count). The summed E-state index contributed by atoms with van der Waals surface area (Å²) in [6.07, 6.45) is 2.37. The number of nitrogens with zero attached hydrogens (tertiary/aromatic N) is 1. The van der Waals surface area contributed by atoms with E-state index in [1.807, 2.05) is 18.2 Å². The summed E-state index contributed by atoms with van der Waals surface area (Å²) >= 11 is 0. The van der Waals surface area contributed by atoms with Gasteiger partial charge in [-0.2, -0.15) is 5.10 Å². The molecule has 0 fully saturated rings. The third-order valence-corrected chi connectivity index (χ3v) is 4.50. The SMILES string of the molecule is CCCNCc1cccc(NS(=O)(=O)c2cn[nH]c2C)c1.